The normalized spacial score (nSPS) is 29.3. The number of carbonyl (C=O) groups is 4. The van der Waals surface area contributed by atoms with Crippen molar-refractivity contribution in [1.29, 1.82) is 0 Å². The molecule has 0 aliphatic heterocycles. The van der Waals surface area contributed by atoms with Crippen LogP contribution < -0.4 is 16.4 Å². The highest BCUT2D eigenvalue weighted by molar-refractivity contribution is 6.24. The van der Waals surface area contributed by atoms with Gasteiger partial charge in [0.2, 0.25) is 11.7 Å². The molecule has 0 unspecified atom stereocenters. The number of Topliss-reactive ketones (excluding diaryl/α,β-unsaturated/α-hetero) is 2. The molecule has 4 rings (SSSR count). The van der Waals surface area contributed by atoms with Gasteiger partial charge in [-0.3, -0.25) is 24.1 Å². The number of carbonyl (C=O) groups excluding carboxylic acids is 4. The van der Waals surface area contributed by atoms with Crippen molar-refractivity contribution in [3.8, 4) is 5.75 Å². The van der Waals surface area contributed by atoms with E-state index in [1.54, 1.807) is 6.92 Å². The lowest BCUT2D eigenvalue weighted by Crippen LogP contribution is -2.70. The number of fused-ring (bicyclic) bond motifs is 3. The van der Waals surface area contributed by atoms with Gasteiger partial charge in [0, 0.05) is 11.5 Å². The smallest absolute Gasteiger partial charge is 0.255 e. The van der Waals surface area contributed by atoms with Crippen molar-refractivity contribution in [3.05, 3.63) is 40.2 Å². The number of ketones is 2. The van der Waals surface area contributed by atoms with Crippen molar-refractivity contribution in [3.63, 3.8) is 0 Å². The molecule has 1 fully saturated rings. The molecule has 0 radical (unpaired) electrons. The lowest BCUT2D eigenvalue weighted by atomic mass is 9.54. The molecule has 3 aliphatic rings. The van der Waals surface area contributed by atoms with Crippen molar-refractivity contribution < 1.29 is 44.7 Å². The summed E-state index contributed by atoms with van der Waals surface area (Å²) in [6.45, 7) is 4.24. The fourth-order valence-corrected chi connectivity index (χ4v) is 6.42. The molecule has 2 amide bonds. The predicted molar refractivity (Wildman–Crippen MR) is 147 cm³/mol. The molecule has 0 bridgehead atoms. The maximum atomic E-state index is 14.0. The topological polar surface area (TPSA) is 223 Å². The van der Waals surface area contributed by atoms with Crippen molar-refractivity contribution in [2.45, 2.75) is 50.4 Å². The number of unbranched alkanes of at least 4 members (excludes halogenated alkanes) is 1. The van der Waals surface area contributed by atoms with Crippen LogP contribution in [-0.4, -0.2) is 98.7 Å². The molecule has 222 valence electrons. The number of nitrogens with two attached hydrogens (primary N) is 1. The molecule has 0 saturated heterocycles. The number of aliphatic hydroxyl groups excluding tert-OH is 3. The van der Waals surface area contributed by atoms with E-state index in [0.717, 1.165) is 12.8 Å². The van der Waals surface area contributed by atoms with Gasteiger partial charge in [-0.15, -0.1) is 0 Å². The molecule has 3 aliphatic carbocycles. The van der Waals surface area contributed by atoms with Gasteiger partial charge in [0.15, 0.2) is 11.4 Å². The van der Waals surface area contributed by atoms with Crippen molar-refractivity contribution in [2.75, 3.05) is 32.5 Å². The Bertz CT molecular complexity index is 1380. The molecule has 6 atom stereocenters. The number of aromatic hydroxyl groups is 1. The summed E-state index contributed by atoms with van der Waals surface area (Å²) in [6, 6.07) is 1.54. The summed E-state index contributed by atoms with van der Waals surface area (Å²) in [5, 5.41) is 62.3. The van der Waals surface area contributed by atoms with Crippen LogP contribution in [0.3, 0.4) is 0 Å². The number of primary amides is 1. The number of hydrogen-bond acceptors (Lipinski definition) is 11. The molecule has 0 heterocycles. The Morgan fingerprint density at radius 2 is 1.80 bits per heavy atom. The van der Waals surface area contributed by atoms with E-state index in [-0.39, 0.29) is 17.8 Å². The van der Waals surface area contributed by atoms with E-state index in [1.807, 2.05) is 6.92 Å². The van der Waals surface area contributed by atoms with E-state index < -0.39 is 87.3 Å². The highest BCUT2D eigenvalue weighted by atomic mass is 16.4. The maximum absolute atomic E-state index is 14.0. The van der Waals surface area contributed by atoms with Crippen LogP contribution in [0.5, 0.6) is 5.75 Å². The molecule has 1 saturated carbocycles. The quantitative estimate of drug-likeness (QED) is 0.116. The van der Waals surface area contributed by atoms with Crippen molar-refractivity contribution in [2.24, 2.45) is 17.6 Å². The number of anilines is 1. The Morgan fingerprint density at radius 3 is 2.39 bits per heavy atom. The lowest BCUT2D eigenvalue weighted by molar-refractivity contribution is -0.169. The van der Waals surface area contributed by atoms with Crippen molar-refractivity contribution in [1.82, 2.24) is 10.2 Å². The number of nitrogens with zero attached hydrogens (tertiary/aromatic N) is 1. The Morgan fingerprint density at radius 1 is 1.15 bits per heavy atom. The zero-order chi connectivity index (χ0) is 30.5. The van der Waals surface area contributed by atoms with Crippen LogP contribution in [0.1, 0.15) is 43.7 Å². The van der Waals surface area contributed by atoms with E-state index in [9.17, 15) is 44.7 Å². The van der Waals surface area contributed by atoms with Crippen LogP contribution in [0.25, 0.3) is 5.76 Å². The summed E-state index contributed by atoms with van der Waals surface area (Å²) in [6.07, 6.45) is 0.141. The minimum atomic E-state index is -2.99. The highest BCUT2D eigenvalue weighted by Crippen LogP contribution is 2.56. The summed E-state index contributed by atoms with van der Waals surface area (Å²) < 4.78 is 0. The van der Waals surface area contributed by atoms with Gasteiger partial charge in [-0.1, -0.05) is 26.3 Å². The van der Waals surface area contributed by atoms with E-state index in [1.165, 1.54) is 31.1 Å². The number of likely N-dealkylation sites (N-methyl/N-ethyl adjacent to an activating group) is 1. The third kappa shape index (κ3) is 4.49. The number of phenolic OH excluding ortho intramolecular Hbond substituents is 1. The molecule has 13 nitrogen and oxygen atoms in total. The number of nitrogens with one attached hydrogen (secondary N) is 2. The van der Waals surface area contributed by atoms with Crippen LogP contribution in [0.15, 0.2) is 29.0 Å². The SMILES string of the molecule is CCCCNCC(=O)Nc1ccc2c(c1O)C(O)=C1C(=O)[C@]3(O)C(O)=C(C(N)=O)C(=O)[C@@H](N(C)C)[C@@H]3[C@@H](O)[C@@H]1[C@H]2C. The largest absolute Gasteiger partial charge is 0.508 e. The van der Waals surface area contributed by atoms with E-state index in [4.69, 9.17) is 5.73 Å². The number of rotatable bonds is 8. The number of benzene rings is 1. The second-order valence-corrected chi connectivity index (χ2v) is 11.1. The first-order chi connectivity index (χ1) is 19.2. The van der Waals surface area contributed by atoms with Crippen LogP contribution in [-0.2, 0) is 19.2 Å². The zero-order valence-corrected chi connectivity index (χ0v) is 23.3. The average molecular weight is 573 g/mol. The van der Waals surface area contributed by atoms with Gasteiger partial charge in [0.05, 0.1) is 35.9 Å². The second kappa shape index (κ2) is 10.9. The standard InChI is InChI=1S/C28H36N4O9/c1-5-6-9-30-10-14(33)31-13-8-7-12-11(2)15-17(22(35)16(12)21(13)34)25(38)28(41)19(23(15)36)20(32(3)4)24(37)18(26(28)39)27(29)40/h7-8,11,15,19-20,23,30,34-36,39,41H,5-6,9-10H2,1-4H3,(H2,29,40)(H,31,33)/t11-,15+,19+,20-,23-,28-/m0/s1. The van der Waals surface area contributed by atoms with Gasteiger partial charge in [0.25, 0.3) is 5.91 Å². The number of amides is 2. The van der Waals surface area contributed by atoms with Gasteiger partial charge in [-0.2, -0.15) is 0 Å². The third-order valence-corrected chi connectivity index (χ3v) is 8.40. The number of phenols is 1. The molecule has 41 heavy (non-hydrogen) atoms. The van der Waals surface area contributed by atoms with Crippen LogP contribution in [0.2, 0.25) is 0 Å². The molecule has 1 aromatic carbocycles. The van der Waals surface area contributed by atoms with Gasteiger partial charge >= 0.3 is 0 Å². The average Bonchev–Trinajstić information content (AvgIpc) is 2.89. The Hall–Kier alpha value is -3.78. The minimum absolute atomic E-state index is 0.0270. The molecule has 1 aromatic rings. The summed E-state index contributed by atoms with van der Waals surface area (Å²) in [7, 11) is 2.88. The predicted octanol–water partition coefficient (Wildman–Crippen LogP) is -0.176. The third-order valence-electron chi connectivity index (χ3n) is 8.40. The second-order valence-electron chi connectivity index (χ2n) is 11.1. The molecular formula is C28H36N4O9. The van der Waals surface area contributed by atoms with E-state index in [2.05, 4.69) is 10.6 Å². The highest BCUT2D eigenvalue weighted by Gasteiger charge is 2.68. The molecule has 9 N–H and O–H groups in total. The molecule has 0 aromatic heterocycles. The van der Waals surface area contributed by atoms with Crippen molar-refractivity contribution >= 4 is 34.8 Å². The van der Waals surface area contributed by atoms with Crippen LogP contribution in [0.4, 0.5) is 5.69 Å². The van der Waals surface area contributed by atoms with Gasteiger partial charge in [-0.05, 0) is 44.6 Å². The first kappa shape index (κ1) is 30.2. The first-order valence-electron chi connectivity index (χ1n) is 13.4. The molecule has 0 spiro atoms. The van der Waals surface area contributed by atoms with E-state index in [0.29, 0.717) is 12.1 Å². The number of aliphatic hydroxyl groups is 4. The summed E-state index contributed by atoms with van der Waals surface area (Å²) in [5.41, 5.74) is 0.950. The first-order valence-corrected chi connectivity index (χ1v) is 13.4. The summed E-state index contributed by atoms with van der Waals surface area (Å²) in [4.78, 5) is 53.1. The molecule has 13 heteroatoms. The minimum Gasteiger partial charge on any atom is -0.508 e. The lowest BCUT2D eigenvalue weighted by Gasteiger charge is -2.53. The van der Waals surface area contributed by atoms with Crippen LogP contribution in [0, 0.1) is 11.8 Å². The van der Waals surface area contributed by atoms with Gasteiger partial charge in [-0.25, -0.2) is 0 Å². The van der Waals surface area contributed by atoms with Gasteiger partial charge < -0.3 is 41.9 Å². The monoisotopic (exact) mass is 572 g/mol. The molecular weight excluding hydrogens is 536 g/mol. The Kier molecular flexibility index (Phi) is 8.02. The summed E-state index contributed by atoms with van der Waals surface area (Å²) >= 11 is 0. The maximum Gasteiger partial charge on any atom is 0.255 e. The van der Waals surface area contributed by atoms with Crippen LogP contribution >= 0.6 is 0 Å². The van der Waals surface area contributed by atoms with E-state index >= 15 is 0 Å². The summed E-state index contributed by atoms with van der Waals surface area (Å²) in [5.74, 6) is -10.2. The van der Waals surface area contributed by atoms with Gasteiger partial charge in [0.1, 0.15) is 22.8 Å². The number of hydrogen-bond donors (Lipinski definition) is 8. The fraction of sp³-hybridized carbons (Fsp3) is 0.500. The zero-order valence-electron chi connectivity index (χ0n) is 23.3. The Labute approximate surface area is 236 Å². The Balaban J connectivity index is 1.85. The fourth-order valence-electron chi connectivity index (χ4n) is 6.42.